The van der Waals surface area contributed by atoms with Crippen molar-refractivity contribution in [1.29, 1.82) is 0 Å². The van der Waals surface area contributed by atoms with Crippen molar-refractivity contribution in [1.82, 2.24) is 0 Å². The van der Waals surface area contributed by atoms with E-state index in [-0.39, 0.29) is 11.6 Å². The second kappa shape index (κ2) is 19.5. The second-order valence-electron chi connectivity index (χ2n) is 13.7. The molecule has 0 aromatic heterocycles. The molecule has 3 atom stereocenters. The average Bonchev–Trinajstić information content (AvgIpc) is 2.91. The van der Waals surface area contributed by atoms with Crippen molar-refractivity contribution in [2.24, 2.45) is 17.8 Å². The third-order valence-corrected chi connectivity index (χ3v) is 9.16. The van der Waals surface area contributed by atoms with E-state index in [1.807, 2.05) is 20.8 Å². The van der Waals surface area contributed by atoms with E-state index in [1.54, 1.807) is 0 Å². The molecule has 238 valence electrons. The van der Waals surface area contributed by atoms with Gasteiger partial charge in [-0.15, -0.1) is 0 Å². The van der Waals surface area contributed by atoms with Crippen LogP contribution in [0.3, 0.4) is 0 Å². The number of aromatic hydroxyl groups is 1. The number of ether oxygens (including phenoxy) is 2. The maximum atomic E-state index is 10.7. The summed E-state index contributed by atoms with van der Waals surface area (Å²) in [6, 6.07) is 0. The van der Waals surface area contributed by atoms with Gasteiger partial charge in [-0.1, -0.05) is 92.4 Å². The summed E-state index contributed by atoms with van der Waals surface area (Å²) in [6.45, 7) is 22.4. The number of phenols is 1. The predicted molar refractivity (Wildman–Crippen MR) is 175 cm³/mol. The number of carbonyl (C=O) groups is 1. The fourth-order valence-corrected chi connectivity index (χ4v) is 6.03. The highest BCUT2D eigenvalue weighted by atomic mass is 16.5. The maximum Gasteiger partial charge on any atom is 0.305 e. The van der Waals surface area contributed by atoms with Crippen molar-refractivity contribution in [3.63, 3.8) is 0 Å². The maximum absolute atomic E-state index is 10.7. The van der Waals surface area contributed by atoms with E-state index in [2.05, 4.69) is 48.5 Å². The van der Waals surface area contributed by atoms with E-state index < -0.39 is 0 Å². The minimum absolute atomic E-state index is 0.0593. The topological polar surface area (TPSA) is 55.8 Å². The molecule has 4 nitrogen and oxygen atoms in total. The first-order valence-electron chi connectivity index (χ1n) is 17.0. The van der Waals surface area contributed by atoms with Crippen LogP contribution in [0.2, 0.25) is 0 Å². The number of benzene rings is 1. The number of rotatable bonds is 17. The van der Waals surface area contributed by atoms with Gasteiger partial charge in [0, 0.05) is 12.0 Å². The lowest BCUT2D eigenvalue weighted by Gasteiger charge is -2.38. The van der Waals surface area contributed by atoms with Crippen molar-refractivity contribution in [2.75, 3.05) is 6.61 Å². The second-order valence-corrected chi connectivity index (χ2v) is 13.7. The Morgan fingerprint density at radius 1 is 0.854 bits per heavy atom. The van der Waals surface area contributed by atoms with Crippen LogP contribution in [-0.4, -0.2) is 23.3 Å². The molecule has 0 saturated carbocycles. The van der Waals surface area contributed by atoms with Crippen LogP contribution in [-0.2, 0) is 16.0 Å². The summed E-state index contributed by atoms with van der Waals surface area (Å²) < 4.78 is 11.4. The summed E-state index contributed by atoms with van der Waals surface area (Å²) in [4.78, 5) is 10.7. The van der Waals surface area contributed by atoms with E-state index in [9.17, 15) is 9.90 Å². The summed E-state index contributed by atoms with van der Waals surface area (Å²) in [5.41, 5.74) is 4.23. The molecule has 1 heterocycles. The number of hydrogen-bond donors (Lipinski definition) is 1. The van der Waals surface area contributed by atoms with E-state index in [1.165, 1.54) is 56.9 Å². The van der Waals surface area contributed by atoms with E-state index >= 15 is 0 Å². The Morgan fingerprint density at radius 3 is 2.00 bits per heavy atom. The number of unbranched alkanes of at least 4 members (excludes halogenated alkanes) is 2. The smallest absolute Gasteiger partial charge is 0.305 e. The zero-order valence-corrected chi connectivity index (χ0v) is 28.7. The minimum Gasteiger partial charge on any atom is -0.507 e. The Morgan fingerprint density at radius 2 is 1.44 bits per heavy atom. The van der Waals surface area contributed by atoms with E-state index in [0.717, 1.165) is 78.7 Å². The molecule has 0 aliphatic carbocycles. The van der Waals surface area contributed by atoms with Crippen molar-refractivity contribution in [2.45, 2.75) is 171 Å². The summed E-state index contributed by atoms with van der Waals surface area (Å²) in [5, 5.41) is 10.4. The van der Waals surface area contributed by atoms with Crippen molar-refractivity contribution >= 4 is 5.97 Å². The normalized spacial score (nSPS) is 17.7. The van der Waals surface area contributed by atoms with Crippen molar-refractivity contribution < 1.29 is 19.4 Å². The van der Waals surface area contributed by atoms with Crippen LogP contribution >= 0.6 is 0 Å². The van der Waals surface area contributed by atoms with Gasteiger partial charge in [-0.3, -0.25) is 4.79 Å². The van der Waals surface area contributed by atoms with Crippen LogP contribution in [0.1, 0.15) is 161 Å². The molecule has 41 heavy (non-hydrogen) atoms. The number of hydrogen-bond acceptors (Lipinski definition) is 4. The Bertz CT molecular complexity index is 890. The molecule has 0 bridgehead atoms. The molecule has 0 radical (unpaired) electrons. The van der Waals surface area contributed by atoms with Crippen LogP contribution in [0, 0.1) is 38.5 Å². The van der Waals surface area contributed by atoms with Gasteiger partial charge in [0.15, 0.2) is 0 Å². The summed E-state index contributed by atoms with van der Waals surface area (Å²) in [7, 11) is 0. The highest BCUT2D eigenvalue weighted by Gasteiger charge is 2.34. The lowest BCUT2D eigenvalue weighted by Crippen LogP contribution is -2.37. The van der Waals surface area contributed by atoms with Gasteiger partial charge in [0.2, 0.25) is 0 Å². The van der Waals surface area contributed by atoms with Crippen LogP contribution in [0.15, 0.2) is 0 Å². The molecular formula is C37H66O4. The Hall–Kier alpha value is -1.71. The van der Waals surface area contributed by atoms with E-state index in [4.69, 9.17) is 9.47 Å². The fourth-order valence-electron chi connectivity index (χ4n) is 6.03. The van der Waals surface area contributed by atoms with Gasteiger partial charge >= 0.3 is 5.97 Å². The molecule has 4 heteroatoms. The molecule has 1 N–H and O–H groups in total. The SMILES string of the molecule is CCCCCC(=O)OCC.Cc1c(C)c2c(c(C)c1O)CC[C@@](C)(CCCC(C)CCCC(C)CCCC(C)C)O2. The number of carbonyl (C=O) groups excluding carboxylic acids is 1. The number of fused-ring (bicyclic) bond motifs is 1. The summed E-state index contributed by atoms with van der Waals surface area (Å²) in [6.07, 6.45) is 17.9. The zero-order valence-electron chi connectivity index (χ0n) is 28.7. The molecule has 1 aromatic rings. The van der Waals surface area contributed by atoms with Gasteiger partial charge in [-0.2, -0.15) is 0 Å². The Balaban J connectivity index is 0.000000716. The lowest BCUT2D eigenvalue weighted by atomic mass is 9.84. The summed E-state index contributed by atoms with van der Waals surface area (Å²) >= 11 is 0. The van der Waals surface area contributed by atoms with Gasteiger partial charge in [0.1, 0.15) is 17.1 Å². The Labute approximate surface area is 254 Å². The fraction of sp³-hybridized carbons (Fsp3) is 0.811. The largest absolute Gasteiger partial charge is 0.507 e. The van der Waals surface area contributed by atoms with Crippen LogP contribution in [0.25, 0.3) is 0 Å². The molecule has 0 spiro atoms. The molecule has 1 aliphatic rings. The standard InChI is InChI=1S/C29H50O2.C8H16O2/c1-20(2)12-9-13-21(3)14-10-15-22(4)16-11-18-29(8)19-17-26-25(7)27(30)23(5)24(6)28(26)31-29;1-3-5-6-7-8(9)10-4-2/h20-22,30H,9-19H2,1-8H3;3-7H2,1-2H3/t21?,22?,29-;/m1./s1. The highest BCUT2D eigenvalue weighted by Crippen LogP contribution is 2.44. The van der Waals surface area contributed by atoms with Crippen LogP contribution in [0.4, 0.5) is 0 Å². The van der Waals surface area contributed by atoms with Crippen molar-refractivity contribution in [3.05, 3.63) is 22.3 Å². The molecule has 2 unspecified atom stereocenters. The molecule has 2 rings (SSSR count). The van der Waals surface area contributed by atoms with Gasteiger partial charge in [-0.25, -0.2) is 0 Å². The van der Waals surface area contributed by atoms with E-state index in [0.29, 0.717) is 18.8 Å². The highest BCUT2D eigenvalue weighted by molar-refractivity contribution is 5.69. The monoisotopic (exact) mass is 574 g/mol. The van der Waals surface area contributed by atoms with Crippen LogP contribution in [0.5, 0.6) is 11.5 Å². The van der Waals surface area contributed by atoms with Gasteiger partial charge in [-0.05, 0) is 101 Å². The first-order chi connectivity index (χ1) is 19.3. The van der Waals surface area contributed by atoms with Crippen molar-refractivity contribution in [3.8, 4) is 11.5 Å². The van der Waals surface area contributed by atoms with Gasteiger partial charge in [0.05, 0.1) is 6.61 Å². The third kappa shape index (κ3) is 13.9. The first-order valence-corrected chi connectivity index (χ1v) is 17.0. The minimum atomic E-state index is -0.0712. The third-order valence-electron chi connectivity index (χ3n) is 9.16. The zero-order chi connectivity index (χ0) is 31.0. The van der Waals surface area contributed by atoms with Gasteiger partial charge < -0.3 is 14.6 Å². The lowest BCUT2D eigenvalue weighted by molar-refractivity contribution is -0.143. The number of esters is 1. The quantitative estimate of drug-likeness (QED) is 0.148. The predicted octanol–water partition coefficient (Wildman–Crippen LogP) is 11.0. The first kappa shape index (κ1) is 37.3. The molecule has 0 saturated heterocycles. The Kier molecular flexibility index (Phi) is 17.7. The molecule has 0 fully saturated rings. The molecule has 1 aliphatic heterocycles. The van der Waals surface area contributed by atoms with Gasteiger partial charge in [0.25, 0.3) is 0 Å². The number of phenolic OH excluding ortho intramolecular Hbond substituents is 1. The summed E-state index contributed by atoms with van der Waals surface area (Å²) in [5.74, 6) is 3.98. The molecular weight excluding hydrogens is 508 g/mol. The average molecular weight is 575 g/mol. The molecule has 0 amide bonds. The van der Waals surface area contributed by atoms with Crippen LogP contribution < -0.4 is 4.74 Å². The molecule has 1 aromatic carbocycles.